The minimum Gasteiger partial charge on any atom is -0.486 e. The molecule has 0 atom stereocenters. The number of hydrogen-bond donors (Lipinski definition) is 1. The van der Waals surface area contributed by atoms with Gasteiger partial charge < -0.3 is 10.5 Å². The molecule has 1 aromatic heterocycles. The molecular weight excluding hydrogens is 274 g/mol. The van der Waals surface area contributed by atoms with Crippen LogP contribution in [0.3, 0.4) is 0 Å². The van der Waals surface area contributed by atoms with E-state index in [4.69, 9.17) is 22.1 Å². The Bertz CT molecular complexity index is 580. The van der Waals surface area contributed by atoms with E-state index in [1.54, 1.807) is 0 Å². The summed E-state index contributed by atoms with van der Waals surface area (Å²) in [5.41, 5.74) is 8.75. The summed E-state index contributed by atoms with van der Waals surface area (Å²) < 4.78 is 7.61. The molecule has 108 valence electrons. The highest BCUT2D eigenvalue weighted by molar-refractivity contribution is 6.32. The molecule has 0 saturated heterocycles. The van der Waals surface area contributed by atoms with Crippen molar-refractivity contribution in [3.8, 4) is 5.75 Å². The zero-order valence-corrected chi connectivity index (χ0v) is 12.7. The highest BCUT2D eigenvalue weighted by atomic mass is 35.5. The third-order valence-electron chi connectivity index (χ3n) is 3.19. The molecule has 0 radical (unpaired) electrons. The topological polar surface area (TPSA) is 53.1 Å². The average molecular weight is 294 g/mol. The minimum atomic E-state index is 0.458. The number of aromatic nitrogens is 2. The summed E-state index contributed by atoms with van der Waals surface area (Å²) in [6.45, 7) is 3.16. The number of halogens is 1. The summed E-state index contributed by atoms with van der Waals surface area (Å²) >= 11 is 6.22. The normalized spacial score (nSPS) is 10.8. The van der Waals surface area contributed by atoms with Gasteiger partial charge in [-0.2, -0.15) is 5.10 Å². The molecule has 2 aromatic rings. The van der Waals surface area contributed by atoms with Gasteiger partial charge in [0.05, 0.1) is 16.4 Å². The van der Waals surface area contributed by atoms with Crippen LogP contribution in [0, 0.1) is 0 Å². The van der Waals surface area contributed by atoms with Crippen LogP contribution in [0.1, 0.15) is 23.9 Å². The Morgan fingerprint density at radius 1 is 1.35 bits per heavy atom. The van der Waals surface area contributed by atoms with Crippen molar-refractivity contribution in [1.82, 2.24) is 9.78 Å². The fourth-order valence-electron chi connectivity index (χ4n) is 2.01. The summed E-state index contributed by atoms with van der Waals surface area (Å²) in [7, 11) is 1.92. The lowest BCUT2D eigenvalue weighted by Gasteiger charge is -2.09. The Hall–Kier alpha value is -1.52. The Labute approximate surface area is 124 Å². The first-order valence-corrected chi connectivity index (χ1v) is 7.15. The van der Waals surface area contributed by atoms with Crippen molar-refractivity contribution in [1.29, 1.82) is 0 Å². The van der Waals surface area contributed by atoms with E-state index < -0.39 is 0 Å². The predicted octanol–water partition coefficient (Wildman–Crippen LogP) is 2.72. The first kappa shape index (κ1) is 14.9. The summed E-state index contributed by atoms with van der Waals surface area (Å²) in [5, 5.41) is 5.01. The fraction of sp³-hybridized carbons (Fsp3) is 0.400. The van der Waals surface area contributed by atoms with Crippen LogP contribution in [0.5, 0.6) is 5.75 Å². The first-order valence-electron chi connectivity index (χ1n) is 6.77. The summed E-state index contributed by atoms with van der Waals surface area (Å²) in [6.07, 6.45) is 1.74. The smallest absolute Gasteiger partial charge is 0.138 e. The molecule has 0 aliphatic heterocycles. The van der Waals surface area contributed by atoms with Crippen molar-refractivity contribution < 1.29 is 4.74 Å². The second-order valence-electron chi connectivity index (χ2n) is 4.70. The van der Waals surface area contributed by atoms with Crippen LogP contribution in [-0.4, -0.2) is 16.3 Å². The van der Waals surface area contributed by atoms with Gasteiger partial charge in [0.15, 0.2) is 0 Å². The third-order valence-corrected chi connectivity index (χ3v) is 3.49. The number of nitrogens with two attached hydrogens (primary N) is 1. The Morgan fingerprint density at radius 2 is 2.15 bits per heavy atom. The Balaban J connectivity index is 2.04. The molecule has 0 saturated carbocycles. The zero-order chi connectivity index (χ0) is 14.5. The van der Waals surface area contributed by atoms with Crippen molar-refractivity contribution in [2.45, 2.75) is 26.4 Å². The van der Waals surface area contributed by atoms with Gasteiger partial charge >= 0.3 is 0 Å². The largest absolute Gasteiger partial charge is 0.486 e. The summed E-state index contributed by atoms with van der Waals surface area (Å²) in [4.78, 5) is 0. The monoisotopic (exact) mass is 293 g/mol. The van der Waals surface area contributed by atoms with Crippen LogP contribution in [0.25, 0.3) is 0 Å². The van der Waals surface area contributed by atoms with Gasteiger partial charge in [0, 0.05) is 7.05 Å². The number of nitrogens with zero attached hydrogens (tertiary/aromatic N) is 2. The van der Waals surface area contributed by atoms with E-state index in [-0.39, 0.29) is 0 Å². The Morgan fingerprint density at radius 3 is 2.75 bits per heavy atom. The maximum absolute atomic E-state index is 6.22. The van der Waals surface area contributed by atoms with E-state index in [2.05, 4.69) is 18.1 Å². The van der Waals surface area contributed by atoms with Gasteiger partial charge in [-0.3, -0.25) is 4.68 Å². The molecule has 0 unspecified atom stereocenters. The quantitative estimate of drug-likeness (QED) is 0.891. The molecule has 2 N–H and O–H groups in total. The number of rotatable bonds is 6. The molecule has 2 rings (SSSR count). The van der Waals surface area contributed by atoms with E-state index in [0.717, 1.165) is 29.8 Å². The van der Waals surface area contributed by atoms with Gasteiger partial charge in [-0.25, -0.2) is 0 Å². The standard InChI is InChI=1S/C15H20ClN3O/c1-3-12-9-13(19(2)18-12)10-20-15-5-4-11(6-7-17)8-14(15)16/h4-5,8-9H,3,6-7,10,17H2,1-2H3. The molecule has 0 aliphatic carbocycles. The van der Waals surface area contributed by atoms with E-state index in [0.29, 0.717) is 23.9 Å². The molecule has 20 heavy (non-hydrogen) atoms. The molecule has 4 nitrogen and oxygen atoms in total. The zero-order valence-electron chi connectivity index (χ0n) is 11.9. The minimum absolute atomic E-state index is 0.458. The molecule has 1 aromatic carbocycles. The molecular formula is C15H20ClN3O. The van der Waals surface area contributed by atoms with E-state index in [9.17, 15) is 0 Å². The maximum atomic E-state index is 6.22. The van der Waals surface area contributed by atoms with Gasteiger partial charge in [0.2, 0.25) is 0 Å². The lowest BCUT2D eigenvalue weighted by atomic mass is 10.1. The van der Waals surface area contributed by atoms with Crippen molar-refractivity contribution >= 4 is 11.6 Å². The van der Waals surface area contributed by atoms with Gasteiger partial charge in [0.1, 0.15) is 12.4 Å². The van der Waals surface area contributed by atoms with Crippen molar-refractivity contribution in [3.05, 3.63) is 46.2 Å². The van der Waals surface area contributed by atoms with Gasteiger partial charge in [-0.1, -0.05) is 24.6 Å². The second kappa shape index (κ2) is 6.77. The second-order valence-corrected chi connectivity index (χ2v) is 5.10. The Kier molecular flexibility index (Phi) is 5.04. The lowest BCUT2D eigenvalue weighted by Crippen LogP contribution is -2.04. The molecule has 0 fully saturated rings. The van der Waals surface area contributed by atoms with Crippen LogP contribution in [0.15, 0.2) is 24.3 Å². The van der Waals surface area contributed by atoms with Crippen molar-refractivity contribution in [3.63, 3.8) is 0 Å². The molecule has 5 heteroatoms. The van der Waals surface area contributed by atoms with Crippen molar-refractivity contribution in [2.75, 3.05) is 6.54 Å². The number of hydrogen-bond acceptors (Lipinski definition) is 3. The van der Waals surface area contributed by atoms with Crippen LogP contribution in [-0.2, 0) is 26.5 Å². The fourth-order valence-corrected chi connectivity index (χ4v) is 2.27. The highest BCUT2D eigenvalue weighted by Gasteiger charge is 2.07. The van der Waals surface area contributed by atoms with Crippen LogP contribution >= 0.6 is 11.6 Å². The number of benzene rings is 1. The molecule has 0 aliphatic rings. The van der Waals surface area contributed by atoms with Crippen molar-refractivity contribution in [2.24, 2.45) is 12.8 Å². The summed E-state index contributed by atoms with van der Waals surface area (Å²) in [6, 6.07) is 7.85. The van der Waals surface area contributed by atoms with Crippen LogP contribution in [0.2, 0.25) is 5.02 Å². The predicted molar refractivity (Wildman–Crippen MR) is 81.1 cm³/mol. The number of aryl methyl sites for hydroxylation is 2. The van der Waals surface area contributed by atoms with Crippen LogP contribution in [0.4, 0.5) is 0 Å². The first-order chi connectivity index (χ1) is 9.63. The van der Waals surface area contributed by atoms with E-state index >= 15 is 0 Å². The highest BCUT2D eigenvalue weighted by Crippen LogP contribution is 2.26. The van der Waals surface area contributed by atoms with E-state index in [1.807, 2.05) is 29.9 Å². The van der Waals surface area contributed by atoms with Crippen LogP contribution < -0.4 is 10.5 Å². The average Bonchev–Trinajstić information content (AvgIpc) is 2.79. The van der Waals surface area contributed by atoms with Gasteiger partial charge in [-0.05, 0) is 43.1 Å². The molecule has 0 spiro atoms. The maximum Gasteiger partial charge on any atom is 0.138 e. The third kappa shape index (κ3) is 3.52. The van der Waals surface area contributed by atoms with Gasteiger partial charge in [-0.15, -0.1) is 0 Å². The SMILES string of the molecule is CCc1cc(COc2ccc(CCN)cc2Cl)n(C)n1. The summed E-state index contributed by atoms with van der Waals surface area (Å²) in [5.74, 6) is 0.687. The van der Waals surface area contributed by atoms with E-state index in [1.165, 1.54) is 0 Å². The lowest BCUT2D eigenvalue weighted by molar-refractivity contribution is 0.295. The molecule has 1 heterocycles. The number of ether oxygens (including phenoxy) is 1. The van der Waals surface area contributed by atoms with Gasteiger partial charge in [0.25, 0.3) is 0 Å². The molecule has 0 amide bonds. The molecule has 0 bridgehead atoms.